The van der Waals surface area contributed by atoms with E-state index in [-0.39, 0.29) is 10.6 Å². The molecule has 0 bridgehead atoms. The van der Waals surface area contributed by atoms with E-state index in [0.29, 0.717) is 22.4 Å². The molecule has 4 nitrogen and oxygen atoms in total. The second kappa shape index (κ2) is 5.35. The van der Waals surface area contributed by atoms with Crippen LogP contribution in [0.5, 0.6) is 0 Å². The number of hydrogen-bond acceptors (Lipinski definition) is 4. The largest absolute Gasteiger partial charge is 0.398 e. The van der Waals surface area contributed by atoms with Gasteiger partial charge in [-0.1, -0.05) is 18.2 Å². The van der Waals surface area contributed by atoms with Crippen LogP contribution in [0.4, 0.5) is 5.69 Å². The van der Waals surface area contributed by atoms with Gasteiger partial charge in [-0.2, -0.15) is 5.26 Å². The van der Waals surface area contributed by atoms with Crippen molar-refractivity contribution < 1.29 is 8.42 Å². The quantitative estimate of drug-likeness (QED) is 0.878. The predicted molar refractivity (Wildman–Crippen MR) is 77.6 cm³/mol. The van der Waals surface area contributed by atoms with Crippen LogP contribution in [0.15, 0.2) is 47.4 Å². The van der Waals surface area contributed by atoms with Gasteiger partial charge in [0.05, 0.1) is 22.3 Å². The molecule has 0 heterocycles. The number of nitriles is 1. The fourth-order valence-electron chi connectivity index (χ4n) is 1.94. The summed E-state index contributed by atoms with van der Waals surface area (Å²) >= 11 is 0. The zero-order valence-corrected chi connectivity index (χ0v) is 11.8. The first-order valence-electron chi connectivity index (χ1n) is 6.01. The van der Waals surface area contributed by atoms with Crippen molar-refractivity contribution in [3.63, 3.8) is 0 Å². The number of benzene rings is 2. The average Bonchev–Trinajstić information content (AvgIpc) is 2.42. The second-order valence-corrected chi connectivity index (χ2v) is 6.50. The predicted octanol–water partition coefficient (Wildman–Crippen LogP) is 2.42. The van der Waals surface area contributed by atoms with Crippen LogP contribution in [0.2, 0.25) is 0 Å². The highest BCUT2D eigenvalue weighted by atomic mass is 32.2. The standard InChI is InChI=1S/C15H14N2O2S/c1-11-14(17)3-2-4-15(11)20(18,19)10-13-7-5-12(9-16)6-8-13/h2-8H,10,17H2,1H3. The van der Waals surface area contributed by atoms with Crippen LogP contribution in [0.25, 0.3) is 0 Å². The molecule has 2 N–H and O–H groups in total. The van der Waals surface area contributed by atoms with Crippen molar-refractivity contribution in [3.8, 4) is 6.07 Å². The van der Waals surface area contributed by atoms with Crippen LogP contribution in [-0.2, 0) is 15.6 Å². The first-order valence-corrected chi connectivity index (χ1v) is 7.66. The third-order valence-corrected chi connectivity index (χ3v) is 4.93. The van der Waals surface area contributed by atoms with Crippen LogP contribution in [0.3, 0.4) is 0 Å². The fourth-order valence-corrected chi connectivity index (χ4v) is 3.60. The zero-order valence-electron chi connectivity index (χ0n) is 11.0. The van der Waals surface area contributed by atoms with E-state index in [0.717, 1.165) is 0 Å². The summed E-state index contributed by atoms with van der Waals surface area (Å²) in [4.78, 5) is 0.252. The molecule has 0 aliphatic rings. The number of sulfone groups is 1. The summed E-state index contributed by atoms with van der Waals surface area (Å²) in [6, 6.07) is 13.4. The third-order valence-electron chi connectivity index (χ3n) is 3.10. The number of nitrogens with zero attached hydrogens (tertiary/aromatic N) is 1. The number of nitrogen functional groups attached to an aromatic ring is 1. The molecule has 2 aromatic rings. The molecule has 0 aliphatic heterocycles. The molecule has 5 heteroatoms. The van der Waals surface area contributed by atoms with Crippen LogP contribution >= 0.6 is 0 Å². The lowest BCUT2D eigenvalue weighted by atomic mass is 10.2. The molecule has 0 aliphatic carbocycles. The van der Waals surface area contributed by atoms with Gasteiger partial charge in [-0.3, -0.25) is 0 Å². The maximum atomic E-state index is 12.4. The Hall–Kier alpha value is -2.32. The van der Waals surface area contributed by atoms with Gasteiger partial charge in [0.1, 0.15) is 0 Å². The van der Waals surface area contributed by atoms with Gasteiger partial charge < -0.3 is 5.73 Å². The molecule has 0 saturated carbocycles. The lowest BCUT2D eigenvalue weighted by Crippen LogP contribution is -2.08. The van der Waals surface area contributed by atoms with Crippen molar-refractivity contribution in [3.05, 3.63) is 59.2 Å². The molecule has 102 valence electrons. The van der Waals surface area contributed by atoms with E-state index in [1.54, 1.807) is 49.4 Å². The van der Waals surface area contributed by atoms with Crippen molar-refractivity contribution in [2.24, 2.45) is 0 Å². The zero-order chi connectivity index (χ0) is 14.8. The maximum absolute atomic E-state index is 12.4. The Morgan fingerprint density at radius 3 is 2.40 bits per heavy atom. The normalized spacial score (nSPS) is 11.0. The van der Waals surface area contributed by atoms with Crippen LogP contribution < -0.4 is 5.73 Å². The second-order valence-electron chi connectivity index (χ2n) is 4.54. The van der Waals surface area contributed by atoms with Gasteiger partial charge in [0.15, 0.2) is 9.84 Å². The molecule has 0 saturated heterocycles. The summed E-state index contributed by atoms with van der Waals surface area (Å²) in [5, 5.41) is 8.72. The summed E-state index contributed by atoms with van der Waals surface area (Å²) in [6.45, 7) is 1.70. The van der Waals surface area contributed by atoms with Gasteiger partial charge in [0.25, 0.3) is 0 Å². The summed E-state index contributed by atoms with van der Waals surface area (Å²) in [6.07, 6.45) is 0. The van der Waals surface area contributed by atoms with Crippen LogP contribution in [0, 0.1) is 18.3 Å². The molecule has 0 unspecified atom stereocenters. The SMILES string of the molecule is Cc1c(N)cccc1S(=O)(=O)Cc1ccc(C#N)cc1. The molecule has 0 aromatic heterocycles. The van der Waals surface area contributed by atoms with Gasteiger partial charge in [-0.15, -0.1) is 0 Å². The van der Waals surface area contributed by atoms with E-state index in [4.69, 9.17) is 11.0 Å². The Morgan fingerprint density at radius 1 is 1.15 bits per heavy atom. The molecule has 2 aromatic carbocycles. The van der Waals surface area contributed by atoms with E-state index in [1.807, 2.05) is 6.07 Å². The van der Waals surface area contributed by atoms with Gasteiger partial charge in [-0.25, -0.2) is 8.42 Å². The van der Waals surface area contributed by atoms with Gasteiger partial charge in [0, 0.05) is 5.69 Å². The van der Waals surface area contributed by atoms with Gasteiger partial charge >= 0.3 is 0 Å². The topological polar surface area (TPSA) is 84.0 Å². The Labute approximate surface area is 118 Å². The number of nitrogens with two attached hydrogens (primary N) is 1. The third kappa shape index (κ3) is 2.81. The van der Waals surface area contributed by atoms with E-state index in [1.165, 1.54) is 0 Å². The fraction of sp³-hybridized carbons (Fsp3) is 0.133. The van der Waals surface area contributed by atoms with Crippen molar-refractivity contribution >= 4 is 15.5 Å². The molecular weight excluding hydrogens is 272 g/mol. The summed E-state index contributed by atoms with van der Waals surface area (Å²) in [7, 11) is -3.45. The minimum atomic E-state index is -3.45. The highest BCUT2D eigenvalue weighted by Gasteiger charge is 2.18. The number of hydrogen-bond donors (Lipinski definition) is 1. The number of anilines is 1. The van der Waals surface area contributed by atoms with Crippen molar-refractivity contribution in [1.82, 2.24) is 0 Å². The summed E-state index contributed by atoms with van der Waals surface area (Å²) in [5.41, 5.74) is 7.93. The van der Waals surface area contributed by atoms with E-state index < -0.39 is 9.84 Å². The Balaban J connectivity index is 2.36. The molecule has 20 heavy (non-hydrogen) atoms. The maximum Gasteiger partial charge on any atom is 0.182 e. The molecule has 2 rings (SSSR count). The van der Waals surface area contributed by atoms with E-state index >= 15 is 0 Å². The minimum absolute atomic E-state index is 0.108. The number of rotatable bonds is 3. The van der Waals surface area contributed by atoms with Crippen molar-refractivity contribution in [2.75, 3.05) is 5.73 Å². The molecular formula is C15H14N2O2S. The molecule has 0 radical (unpaired) electrons. The first-order chi connectivity index (χ1) is 9.44. The Bertz CT molecular complexity index is 773. The average molecular weight is 286 g/mol. The van der Waals surface area contributed by atoms with Crippen molar-refractivity contribution in [2.45, 2.75) is 17.6 Å². The Morgan fingerprint density at radius 2 is 1.80 bits per heavy atom. The molecule has 0 spiro atoms. The molecule has 0 atom stereocenters. The Kier molecular flexibility index (Phi) is 3.77. The minimum Gasteiger partial charge on any atom is -0.398 e. The van der Waals surface area contributed by atoms with Crippen LogP contribution in [-0.4, -0.2) is 8.42 Å². The summed E-state index contributed by atoms with van der Waals surface area (Å²) in [5.74, 6) is -0.108. The van der Waals surface area contributed by atoms with E-state index in [9.17, 15) is 8.42 Å². The highest BCUT2D eigenvalue weighted by Crippen LogP contribution is 2.24. The van der Waals surface area contributed by atoms with Gasteiger partial charge in [0.2, 0.25) is 0 Å². The van der Waals surface area contributed by atoms with E-state index in [2.05, 4.69) is 0 Å². The smallest absolute Gasteiger partial charge is 0.182 e. The van der Waals surface area contributed by atoms with Gasteiger partial charge in [-0.05, 0) is 42.3 Å². The monoisotopic (exact) mass is 286 g/mol. The van der Waals surface area contributed by atoms with Crippen molar-refractivity contribution in [1.29, 1.82) is 5.26 Å². The first kappa shape index (κ1) is 14.1. The summed E-state index contributed by atoms with van der Waals surface area (Å²) < 4.78 is 24.8. The molecule has 0 fully saturated rings. The highest BCUT2D eigenvalue weighted by molar-refractivity contribution is 7.90. The lowest BCUT2D eigenvalue weighted by Gasteiger charge is -2.09. The van der Waals surface area contributed by atoms with Crippen LogP contribution in [0.1, 0.15) is 16.7 Å². The molecule has 0 amide bonds. The lowest BCUT2D eigenvalue weighted by molar-refractivity contribution is 0.594.